The van der Waals surface area contributed by atoms with Crippen molar-refractivity contribution in [1.82, 2.24) is 4.98 Å². The molecule has 1 aromatic carbocycles. The maximum absolute atomic E-state index is 12.1. The SMILES string of the molecule is CCNc1cc(CN2C(=O)COc3ccccc32)ccn1. The van der Waals surface area contributed by atoms with Crippen LogP contribution in [0.3, 0.4) is 0 Å². The highest BCUT2D eigenvalue weighted by molar-refractivity contribution is 5.97. The molecule has 0 aliphatic carbocycles. The van der Waals surface area contributed by atoms with Gasteiger partial charge in [0.25, 0.3) is 5.91 Å². The molecule has 0 atom stereocenters. The van der Waals surface area contributed by atoms with Gasteiger partial charge in [-0.2, -0.15) is 0 Å². The van der Waals surface area contributed by atoms with Crippen molar-refractivity contribution in [2.24, 2.45) is 0 Å². The quantitative estimate of drug-likeness (QED) is 0.936. The molecule has 0 radical (unpaired) electrons. The summed E-state index contributed by atoms with van der Waals surface area (Å²) < 4.78 is 5.45. The van der Waals surface area contributed by atoms with E-state index in [1.54, 1.807) is 11.1 Å². The molecule has 3 rings (SSSR count). The van der Waals surface area contributed by atoms with Gasteiger partial charge in [0, 0.05) is 12.7 Å². The van der Waals surface area contributed by atoms with Crippen LogP contribution < -0.4 is 15.0 Å². The van der Waals surface area contributed by atoms with Crippen LogP contribution in [-0.4, -0.2) is 24.0 Å². The molecule has 1 N–H and O–H groups in total. The van der Waals surface area contributed by atoms with Gasteiger partial charge in [0.2, 0.25) is 0 Å². The van der Waals surface area contributed by atoms with Crippen molar-refractivity contribution in [2.75, 3.05) is 23.4 Å². The molecule has 0 saturated heterocycles. The van der Waals surface area contributed by atoms with Gasteiger partial charge in [0.15, 0.2) is 6.61 Å². The zero-order valence-corrected chi connectivity index (χ0v) is 11.9. The van der Waals surface area contributed by atoms with Gasteiger partial charge in [0.1, 0.15) is 11.6 Å². The fourth-order valence-corrected chi connectivity index (χ4v) is 2.36. The summed E-state index contributed by atoms with van der Waals surface area (Å²) >= 11 is 0. The zero-order valence-electron chi connectivity index (χ0n) is 11.9. The normalized spacial score (nSPS) is 13.6. The summed E-state index contributed by atoms with van der Waals surface area (Å²) in [5, 5.41) is 3.18. The molecular weight excluding hydrogens is 266 g/mol. The number of aromatic nitrogens is 1. The predicted molar refractivity (Wildman–Crippen MR) is 81.5 cm³/mol. The van der Waals surface area contributed by atoms with E-state index in [4.69, 9.17) is 4.74 Å². The Morgan fingerprint density at radius 3 is 3.05 bits per heavy atom. The predicted octanol–water partition coefficient (Wildman–Crippen LogP) is 2.44. The molecule has 0 fully saturated rings. The highest BCUT2D eigenvalue weighted by Crippen LogP contribution is 2.32. The van der Waals surface area contributed by atoms with E-state index in [1.807, 2.05) is 43.3 Å². The molecule has 2 aromatic rings. The Hall–Kier alpha value is -2.56. The molecule has 0 spiro atoms. The van der Waals surface area contributed by atoms with Crippen LogP contribution in [0.5, 0.6) is 5.75 Å². The Balaban J connectivity index is 1.87. The van der Waals surface area contributed by atoms with E-state index in [9.17, 15) is 4.79 Å². The second-order valence-corrected chi connectivity index (χ2v) is 4.82. The summed E-state index contributed by atoms with van der Waals surface area (Å²) in [5.41, 5.74) is 1.85. The van der Waals surface area contributed by atoms with Crippen LogP contribution in [0, 0.1) is 0 Å². The number of fused-ring (bicyclic) bond motifs is 1. The Morgan fingerprint density at radius 2 is 2.19 bits per heavy atom. The number of carbonyl (C=O) groups excluding carboxylic acids is 1. The van der Waals surface area contributed by atoms with E-state index >= 15 is 0 Å². The van der Waals surface area contributed by atoms with Crippen molar-refractivity contribution in [2.45, 2.75) is 13.5 Å². The summed E-state index contributed by atoms with van der Waals surface area (Å²) in [6, 6.07) is 11.5. The first kappa shape index (κ1) is 13.4. The third-order valence-corrected chi connectivity index (χ3v) is 3.33. The number of hydrogen-bond acceptors (Lipinski definition) is 4. The second kappa shape index (κ2) is 5.83. The number of benzene rings is 1. The minimum absolute atomic E-state index is 0.0319. The van der Waals surface area contributed by atoms with E-state index in [0.717, 1.165) is 29.4 Å². The highest BCUT2D eigenvalue weighted by atomic mass is 16.5. The number of anilines is 2. The van der Waals surface area contributed by atoms with Crippen LogP contribution in [0.4, 0.5) is 11.5 Å². The lowest BCUT2D eigenvalue weighted by Gasteiger charge is -2.29. The van der Waals surface area contributed by atoms with E-state index in [2.05, 4.69) is 10.3 Å². The average Bonchev–Trinajstić information content (AvgIpc) is 2.51. The first-order valence-corrected chi connectivity index (χ1v) is 6.99. The molecule has 0 bridgehead atoms. The number of ether oxygens (including phenoxy) is 1. The van der Waals surface area contributed by atoms with Gasteiger partial charge in [-0.15, -0.1) is 0 Å². The largest absolute Gasteiger partial charge is 0.482 e. The number of hydrogen-bond donors (Lipinski definition) is 1. The Labute approximate surface area is 123 Å². The Morgan fingerprint density at radius 1 is 1.33 bits per heavy atom. The third kappa shape index (κ3) is 2.81. The molecule has 0 saturated carbocycles. The molecule has 1 aliphatic heterocycles. The van der Waals surface area contributed by atoms with E-state index < -0.39 is 0 Å². The number of nitrogens with one attached hydrogen (secondary N) is 1. The number of carbonyl (C=O) groups is 1. The Bertz CT molecular complexity index is 657. The van der Waals surface area contributed by atoms with Gasteiger partial charge < -0.3 is 15.0 Å². The maximum Gasteiger partial charge on any atom is 0.265 e. The van der Waals surface area contributed by atoms with E-state index in [-0.39, 0.29) is 12.5 Å². The lowest BCUT2D eigenvalue weighted by molar-refractivity contribution is -0.121. The second-order valence-electron chi connectivity index (χ2n) is 4.82. The fraction of sp³-hybridized carbons (Fsp3) is 0.250. The number of rotatable bonds is 4. The summed E-state index contributed by atoms with van der Waals surface area (Å²) in [6.45, 7) is 3.44. The average molecular weight is 283 g/mol. The molecule has 108 valence electrons. The van der Waals surface area contributed by atoms with Crippen molar-refractivity contribution in [3.05, 3.63) is 48.2 Å². The van der Waals surface area contributed by atoms with Gasteiger partial charge in [-0.3, -0.25) is 4.79 Å². The minimum Gasteiger partial charge on any atom is -0.482 e. The van der Waals surface area contributed by atoms with Crippen LogP contribution in [0.25, 0.3) is 0 Å². The molecule has 21 heavy (non-hydrogen) atoms. The monoisotopic (exact) mass is 283 g/mol. The molecule has 5 nitrogen and oxygen atoms in total. The first-order chi connectivity index (χ1) is 10.3. The zero-order chi connectivity index (χ0) is 14.7. The smallest absolute Gasteiger partial charge is 0.265 e. The number of para-hydroxylation sites is 2. The van der Waals surface area contributed by atoms with Crippen molar-refractivity contribution >= 4 is 17.4 Å². The minimum atomic E-state index is -0.0319. The summed E-state index contributed by atoms with van der Waals surface area (Å²) in [7, 11) is 0. The molecule has 1 amide bonds. The van der Waals surface area contributed by atoms with E-state index in [1.165, 1.54) is 0 Å². The summed E-state index contributed by atoms with van der Waals surface area (Å²) in [4.78, 5) is 18.1. The maximum atomic E-state index is 12.1. The first-order valence-electron chi connectivity index (χ1n) is 6.99. The Kier molecular flexibility index (Phi) is 3.73. The van der Waals surface area contributed by atoms with Crippen molar-refractivity contribution < 1.29 is 9.53 Å². The van der Waals surface area contributed by atoms with Gasteiger partial charge in [0.05, 0.1) is 12.2 Å². The van der Waals surface area contributed by atoms with Crippen LogP contribution in [0.15, 0.2) is 42.6 Å². The van der Waals surface area contributed by atoms with Gasteiger partial charge in [-0.05, 0) is 36.8 Å². The number of nitrogens with zero attached hydrogens (tertiary/aromatic N) is 2. The summed E-state index contributed by atoms with van der Waals surface area (Å²) in [5.74, 6) is 1.54. The van der Waals surface area contributed by atoms with Gasteiger partial charge in [-0.1, -0.05) is 12.1 Å². The standard InChI is InChI=1S/C16H17N3O2/c1-2-17-15-9-12(7-8-18-15)10-19-13-5-3-4-6-14(13)21-11-16(19)20/h3-9H,2,10-11H2,1H3,(H,17,18). The highest BCUT2D eigenvalue weighted by Gasteiger charge is 2.25. The van der Waals surface area contributed by atoms with Crippen LogP contribution >= 0.6 is 0 Å². The van der Waals surface area contributed by atoms with Gasteiger partial charge >= 0.3 is 0 Å². The van der Waals surface area contributed by atoms with Gasteiger partial charge in [-0.25, -0.2) is 4.98 Å². The number of pyridine rings is 1. The molecule has 1 aromatic heterocycles. The lowest BCUT2D eigenvalue weighted by atomic mass is 10.2. The molecule has 1 aliphatic rings. The number of amides is 1. The van der Waals surface area contributed by atoms with Crippen LogP contribution in [0.1, 0.15) is 12.5 Å². The molecule has 5 heteroatoms. The topological polar surface area (TPSA) is 54.5 Å². The molecule has 0 unspecified atom stereocenters. The fourth-order valence-electron chi connectivity index (χ4n) is 2.36. The molecule has 2 heterocycles. The van der Waals surface area contributed by atoms with Crippen molar-refractivity contribution in [3.8, 4) is 5.75 Å². The third-order valence-electron chi connectivity index (χ3n) is 3.33. The van der Waals surface area contributed by atoms with Crippen molar-refractivity contribution in [1.29, 1.82) is 0 Å². The van der Waals surface area contributed by atoms with Crippen LogP contribution in [-0.2, 0) is 11.3 Å². The van der Waals surface area contributed by atoms with E-state index in [0.29, 0.717) is 6.54 Å². The lowest BCUT2D eigenvalue weighted by Crippen LogP contribution is -2.38. The van der Waals surface area contributed by atoms with Crippen molar-refractivity contribution in [3.63, 3.8) is 0 Å². The summed E-state index contributed by atoms with van der Waals surface area (Å²) in [6.07, 6.45) is 1.75. The van der Waals surface area contributed by atoms with Crippen LogP contribution in [0.2, 0.25) is 0 Å². The molecular formula is C16H17N3O2.